The molecule has 8 nitrogen and oxygen atoms in total. The molecule has 9 heteroatoms. The van der Waals surface area contributed by atoms with Gasteiger partial charge in [0.25, 0.3) is 0 Å². The predicted octanol–water partition coefficient (Wildman–Crippen LogP) is 2.25. The number of halogens is 1. The van der Waals surface area contributed by atoms with Gasteiger partial charge in [-0.15, -0.1) is 0 Å². The summed E-state index contributed by atoms with van der Waals surface area (Å²) >= 11 is 0. The van der Waals surface area contributed by atoms with Crippen LogP contribution in [-0.2, 0) is 22.5 Å². The van der Waals surface area contributed by atoms with Gasteiger partial charge in [-0.3, -0.25) is 14.7 Å². The van der Waals surface area contributed by atoms with Crippen LogP contribution in [-0.4, -0.2) is 65.2 Å². The van der Waals surface area contributed by atoms with E-state index in [0.717, 1.165) is 38.4 Å². The highest BCUT2D eigenvalue weighted by Crippen LogP contribution is 2.15. The lowest BCUT2D eigenvalue weighted by atomic mass is 10.1. The number of carbonyl (C=O) groups excluding carboxylic acids is 1. The van der Waals surface area contributed by atoms with E-state index in [1.54, 1.807) is 36.8 Å². The van der Waals surface area contributed by atoms with Crippen LogP contribution < -0.4 is 10.1 Å². The molecular formula is C24H26FN5O3. The van der Waals surface area contributed by atoms with Crippen molar-refractivity contribution in [2.24, 2.45) is 0 Å². The van der Waals surface area contributed by atoms with Crippen LogP contribution in [0.1, 0.15) is 11.1 Å². The Morgan fingerprint density at radius 2 is 1.88 bits per heavy atom. The topological polar surface area (TPSA) is 89.5 Å². The summed E-state index contributed by atoms with van der Waals surface area (Å²) in [7, 11) is 0. The number of ether oxygens (including phenoxy) is 2. The second-order valence-corrected chi connectivity index (χ2v) is 7.68. The zero-order valence-corrected chi connectivity index (χ0v) is 18.2. The third kappa shape index (κ3) is 7.03. The minimum absolute atomic E-state index is 0.163. The highest BCUT2D eigenvalue weighted by molar-refractivity contribution is 5.78. The van der Waals surface area contributed by atoms with Crippen LogP contribution in [0.2, 0.25) is 0 Å². The van der Waals surface area contributed by atoms with E-state index < -0.39 is 0 Å². The predicted molar refractivity (Wildman–Crippen MR) is 120 cm³/mol. The Hall–Kier alpha value is -3.43. The number of benzene rings is 1. The summed E-state index contributed by atoms with van der Waals surface area (Å²) in [5, 5.41) is 2.78. The Balaban J connectivity index is 1.23. The average Bonchev–Trinajstić information content (AvgIpc) is 2.85. The fraction of sp³-hybridized carbons (Fsp3) is 0.333. The molecule has 0 radical (unpaired) electrons. The average molecular weight is 452 g/mol. The van der Waals surface area contributed by atoms with Crippen LogP contribution >= 0.6 is 0 Å². The molecule has 172 valence electrons. The van der Waals surface area contributed by atoms with Crippen LogP contribution in [0.25, 0.3) is 11.5 Å². The molecule has 1 saturated heterocycles. The van der Waals surface area contributed by atoms with E-state index in [4.69, 9.17) is 9.47 Å². The quantitative estimate of drug-likeness (QED) is 0.534. The summed E-state index contributed by atoms with van der Waals surface area (Å²) in [5.74, 6) is 0.608. The zero-order valence-electron chi connectivity index (χ0n) is 18.2. The van der Waals surface area contributed by atoms with Crippen molar-refractivity contribution in [2.45, 2.75) is 13.0 Å². The fourth-order valence-electron chi connectivity index (χ4n) is 3.40. The molecule has 1 aromatic carbocycles. The molecule has 1 aliphatic heterocycles. The van der Waals surface area contributed by atoms with Crippen molar-refractivity contribution >= 4 is 5.91 Å². The van der Waals surface area contributed by atoms with Gasteiger partial charge in [0.15, 0.2) is 11.6 Å². The third-order valence-electron chi connectivity index (χ3n) is 5.21. The van der Waals surface area contributed by atoms with Crippen LogP contribution in [0, 0.1) is 5.82 Å². The Kier molecular flexibility index (Phi) is 7.89. The van der Waals surface area contributed by atoms with Gasteiger partial charge in [0.1, 0.15) is 18.1 Å². The first-order chi connectivity index (χ1) is 16.2. The lowest BCUT2D eigenvalue weighted by Crippen LogP contribution is -2.38. The molecule has 0 saturated carbocycles. The summed E-state index contributed by atoms with van der Waals surface area (Å²) in [4.78, 5) is 27.5. The number of nitrogens with one attached hydrogen (secondary N) is 1. The molecule has 2 aromatic heterocycles. The fourth-order valence-corrected chi connectivity index (χ4v) is 3.40. The van der Waals surface area contributed by atoms with E-state index in [1.165, 1.54) is 12.1 Å². The molecule has 0 spiro atoms. The largest absolute Gasteiger partial charge is 0.489 e. The number of amides is 1. The lowest BCUT2D eigenvalue weighted by molar-refractivity contribution is -0.120. The number of nitrogens with zero attached hydrogens (tertiary/aromatic N) is 4. The van der Waals surface area contributed by atoms with Crippen molar-refractivity contribution in [1.29, 1.82) is 0 Å². The first-order valence-electron chi connectivity index (χ1n) is 10.9. The summed E-state index contributed by atoms with van der Waals surface area (Å²) in [5.41, 5.74) is 2.08. The van der Waals surface area contributed by atoms with E-state index in [9.17, 15) is 9.18 Å². The molecule has 0 unspecified atom stereocenters. The second-order valence-electron chi connectivity index (χ2n) is 7.68. The highest BCUT2D eigenvalue weighted by Gasteiger charge is 2.10. The van der Waals surface area contributed by atoms with E-state index >= 15 is 0 Å². The van der Waals surface area contributed by atoms with E-state index in [-0.39, 0.29) is 24.7 Å². The number of rotatable bonds is 9. The molecule has 33 heavy (non-hydrogen) atoms. The van der Waals surface area contributed by atoms with Crippen LogP contribution in [0.15, 0.2) is 55.0 Å². The standard InChI is InChI=1S/C24H26FN5O3/c25-20-3-1-2-18(12-20)15-27-23(31)13-19-4-5-22(26-14-19)24-28-16-21(17-29-24)33-11-8-30-6-9-32-10-7-30/h1-5,12,14,16-17H,6-11,13,15H2,(H,27,31). The number of morpholine rings is 1. The van der Waals surface area contributed by atoms with Crippen molar-refractivity contribution < 1.29 is 18.7 Å². The number of pyridine rings is 1. The molecule has 1 amide bonds. The molecule has 1 aliphatic rings. The summed E-state index contributed by atoms with van der Waals surface area (Å²) < 4.78 is 24.3. The number of hydrogen-bond acceptors (Lipinski definition) is 7. The monoisotopic (exact) mass is 451 g/mol. The van der Waals surface area contributed by atoms with Gasteiger partial charge in [0, 0.05) is 32.4 Å². The molecule has 3 aromatic rings. The SMILES string of the molecule is O=C(Cc1ccc(-c2ncc(OCCN3CCOCC3)cn2)nc1)NCc1cccc(F)c1. The Bertz CT molecular complexity index is 1040. The van der Waals surface area contributed by atoms with Gasteiger partial charge in [-0.05, 0) is 29.3 Å². The molecule has 1 N–H and O–H groups in total. The first kappa shape index (κ1) is 22.8. The maximum absolute atomic E-state index is 13.2. The second kappa shape index (κ2) is 11.4. The Morgan fingerprint density at radius 1 is 1.06 bits per heavy atom. The minimum atomic E-state index is -0.323. The van der Waals surface area contributed by atoms with E-state index in [0.29, 0.717) is 29.4 Å². The molecule has 1 fully saturated rings. The van der Waals surface area contributed by atoms with Gasteiger partial charge in [-0.2, -0.15) is 0 Å². The van der Waals surface area contributed by atoms with Crippen molar-refractivity contribution in [3.05, 3.63) is 71.9 Å². The molecule has 0 atom stereocenters. The first-order valence-corrected chi connectivity index (χ1v) is 10.9. The molecule has 0 bridgehead atoms. The van der Waals surface area contributed by atoms with Crippen molar-refractivity contribution in [3.8, 4) is 17.3 Å². The third-order valence-corrected chi connectivity index (χ3v) is 5.21. The molecule has 3 heterocycles. The van der Waals surface area contributed by atoms with E-state index in [2.05, 4.69) is 25.2 Å². The normalized spacial score (nSPS) is 14.1. The summed E-state index contributed by atoms with van der Waals surface area (Å²) in [6.07, 6.45) is 5.08. The smallest absolute Gasteiger partial charge is 0.224 e. The van der Waals surface area contributed by atoms with Crippen molar-refractivity contribution in [2.75, 3.05) is 39.5 Å². The van der Waals surface area contributed by atoms with Gasteiger partial charge < -0.3 is 14.8 Å². The summed E-state index contributed by atoms with van der Waals surface area (Å²) in [6, 6.07) is 9.75. The Morgan fingerprint density at radius 3 is 2.61 bits per heavy atom. The summed E-state index contributed by atoms with van der Waals surface area (Å²) in [6.45, 7) is 5.06. The van der Waals surface area contributed by atoms with Crippen LogP contribution in [0.5, 0.6) is 5.75 Å². The lowest BCUT2D eigenvalue weighted by Gasteiger charge is -2.26. The van der Waals surface area contributed by atoms with E-state index in [1.807, 2.05) is 6.07 Å². The van der Waals surface area contributed by atoms with Crippen LogP contribution in [0.3, 0.4) is 0 Å². The maximum atomic E-state index is 13.2. The molecule has 0 aliphatic carbocycles. The van der Waals surface area contributed by atoms with Gasteiger partial charge in [0.05, 0.1) is 32.0 Å². The maximum Gasteiger partial charge on any atom is 0.224 e. The van der Waals surface area contributed by atoms with Crippen molar-refractivity contribution in [3.63, 3.8) is 0 Å². The van der Waals surface area contributed by atoms with Gasteiger partial charge in [0.2, 0.25) is 5.91 Å². The van der Waals surface area contributed by atoms with Gasteiger partial charge in [-0.25, -0.2) is 14.4 Å². The number of carbonyl (C=O) groups is 1. The highest BCUT2D eigenvalue weighted by atomic mass is 19.1. The molecule has 4 rings (SSSR count). The number of aromatic nitrogens is 3. The van der Waals surface area contributed by atoms with Gasteiger partial charge in [-0.1, -0.05) is 18.2 Å². The minimum Gasteiger partial charge on any atom is -0.489 e. The van der Waals surface area contributed by atoms with Gasteiger partial charge >= 0.3 is 0 Å². The van der Waals surface area contributed by atoms with Crippen LogP contribution in [0.4, 0.5) is 4.39 Å². The zero-order chi connectivity index (χ0) is 22.9. The molecular weight excluding hydrogens is 425 g/mol. The Labute approximate surface area is 191 Å². The van der Waals surface area contributed by atoms with Crippen molar-refractivity contribution in [1.82, 2.24) is 25.2 Å². The number of hydrogen-bond donors (Lipinski definition) is 1.